The van der Waals surface area contributed by atoms with Gasteiger partial charge in [0.1, 0.15) is 11.9 Å². The SMILES string of the molecule is COc1ccc([C@H]2[C@H]3C(=O)c4c(NC(C)=O)cccc4[C@H]3ON2Cc2ccc(OC)c(OC)c2)cc1. The second-order valence-electron chi connectivity index (χ2n) is 8.85. The van der Waals surface area contributed by atoms with Crippen molar-refractivity contribution in [2.45, 2.75) is 25.6 Å². The number of nitrogens with zero attached hydrogens (tertiary/aromatic N) is 1. The molecule has 1 aliphatic carbocycles. The van der Waals surface area contributed by atoms with E-state index >= 15 is 0 Å². The molecule has 1 N–H and O–H groups in total. The first-order valence-electron chi connectivity index (χ1n) is 11.7. The number of fused-ring (bicyclic) bond motifs is 3. The first kappa shape index (κ1) is 23.8. The van der Waals surface area contributed by atoms with Gasteiger partial charge in [-0.2, -0.15) is 5.06 Å². The highest BCUT2D eigenvalue weighted by atomic mass is 16.7. The number of amides is 1. The van der Waals surface area contributed by atoms with Gasteiger partial charge in [0.2, 0.25) is 5.91 Å². The van der Waals surface area contributed by atoms with Crippen molar-refractivity contribution in [1.82, 2.24) is 5.06 Å². The normalized spacial score (nSPS) is 20.6. The minimum atomic E-state index is -0.469. The van der Waals surface area contributed by atoms with Crippen molar-refractivity contribution in [3.05, 3.63) is 82.9 Å². The maximum atomic E-state index is 13.9. The highest BCUT2D eigenvalue weighted by molar-refractivity contribution is 6.10. The van der Waals surface area contributed by atoms with E-state index in [0.29, 0.717) is 29.3 Å². The number of Topliss-reactive ketones (excluding diaryl/α,β-unsaturated/α-hetero) is 1. The van der Waals surface area contributed by atoms with Gasteiger partial charge < -0.3 is 19.5 Å². The minimum absolute atomic E-state index is 0.0463. The molecule has 8 nitrogen and oxygen atoms in total. The maximum Gasteiger partial charge on any atom is 0.221 e. The summed E-state index contributed by atoms with van der Waals surface area (Å²) in [5.74, 6) is 1.25. The van der Waals surface area contributed by atoms with E-state index in [1.807, 2.05) is 59.7 Å². The van der Waals surface area contributed by atoms with Crippen LogP contribution in [0.5, 0.6) is 17.2 Å². The average molecular weight is 489 g/mol. The van der Waals surface area contributed by atoms with Gasteiger partial charge in [-0.05, 0) is 47.0 Å². The number of anilines is 1. The first-order chi connectivity index (χ1) is 17.4. The number of hydrogen-bond acceptors (Lipinski definition) is 7. The summed E-state index contributed by atoms with van der Waals surface area (Å²) in [5, 5.41) is 4.66. The van der Waals surface area contributed by atoms with Crippen LogP contribution in [0.3, 0.4) is 0 Å². The summed E-state index contributed by atoms with van der Waals surface area (Å²) < 4.78 is 16.2. The molecule has 0 bridgehead atoms. The van der Waals surface area contributed by atoms with Gasteiger partial charge in [0.15, 0.2) is 17.3 Å². The smallest absolute Gasteiger partial charge is 0.221 e. The molecule has 0 spiro atoms. The molecule has 5 rings (SSSR count). The fraction of sp³-hybridized carbons (Fsp3) is 0.286. The van der Waals surface area contributed by atoms with Crippen LogP contribution in [0.1, 0.15) is 46.1 Å². The molecule has 1 heterocycles. The number of methoxy groups -OCH3 is 3. The second kappa shape index (κ2) is 9.64. The first-order valence-corrected chi connectivity index (χ1v) is 11.7. The Kier molecular flexibility index (Phi) is 6.38. The lowest BCUT2D eigenvalue weighted by molar-refractivity contribution is -0.172. The number of ketones is 1. The highest BCUT2D eigenvalue weighted by Crippen LogP contribution is 2.55. The van der Waals surface area contributed by atoms with Crippen molar-refractivity contribution < 1.29 is 28.6 Å². The molecule has 1 saturated heterocycles. The van der Waals surface area contributed by atoms with Gasteiger partial charge in [-0.1, -0.05) is 30.3 Å². The van der Waals surface area contributed by atoms with Crippen molar-refractivity contribution in [2.75, 3.05) is 26.6 Å². The average Bonchev–Trinajstić information content (AvgIpc) is 3.39. The van der Waals surface area contributed by atoms with Gasteiger partial charge in [0.05, 0.1) is 39.0 Å². The molecular formula is C28H28N2O6. The Labute approximate surface area is 209 Å². The van der Waals surface area contributed by atoms with Crippen molar-refractivity contribution in [1.29, 1.82) is 0 Å². The molecule has 1 amide bonds. The van der Waals surface area contributed by atoms with Gasteiger partial charge in [0.25, 0.3) is 0 Å². The molecule has 36 heavy (non-hydrogen) atoms. The molecule has 3 atom stereocenters. The Hall–Kier alpha value is -3.88. The van der Waals surface area contributed by atoms with Gasteiger partial charge in [-0.25, -0.2) is 0 Å². The topological polar surface area (TPSA) is 86.3 Å². The number of nitrogens with one attached hydrogen (secondary N) is 1. The van der Waals surface area contributed by atoms with E-state index in [4.69, 9.17) is 19.0 Å². The van der Waals surface area contributed by atoms with Crippen LogP contribution in [0.2, 0.25) is 0 Å². The van der Waals surface area contributed by atoms with E-state index in [0.717, 1.165) is 22.4 Å². The summed E-state index contributed by atoms with van der Waals surface area (Å²) in [6.07, 6.45) is -0.464. The number of rotatable bonds is 7. The van der Waals surface area contributed by atoms with Crippen LogP contribution >= 0.6 is 0 Å². The Bertz CT molecular complexity index is 1310. The molecule has 0 radical (unpaired) electrons. The Morgan fingerprint density at radius 3 is 2.39 bits per heavy atom. The molecule has 0 aromatic heterocycles. The van der Waals surface area contributed by atoms with E-state index in [-0.39, 0.29) is 17.7 Å². The third-order valence-corrected chi connectivity index (χ3v) is 6.73. The van der Waals surface area contributed by atoms with Gasteiger partial charge in [-0.3, -0.25) is 14.4 Å². The molecule has 0 saturated carbocycles. The molecule has 1 aliphatic heterocycles. The zero-order valence-electron chi connectivity index (χ0n) is 20.6. The fourth-order valence-electron chi connectivity index (χ4n) is 5.16. The summed E-state index contributed by atoms with van der Waals surface area (Å²) in [4.78, 5) is 32.1. The molecule has 3 aromatic carbocycles. The van der Waals surface area contributed by atoms with E-state index < -0.39 is 12.0 Å². The van der Waals surface area contributed by atoms with Crippen molar-refractivity contribution in [3.8, 4) is 17.2 Å². The largest absolute Gasteiger partial charge is 0.497 e. The predicted molar refractivity (Wildman–Crippen MR) is 133 cm³/mol. The summed E-state index contributed by atoms with van der Waals surface area (Å²) in [6, 6.07) is 18.5. The quantitative estimate of drug-likeness (QED) is 0.515. The lowest BCUT2D eigenvalue weighted by Gasteiger charge is -2.26. The van der Waals surface area contributed by atoms with Crippen LogP contribution in [0.25, 0.3) is 0 Å². The number of ether oxygens (including phenoxy) is 3. The third kappa shape index (κ3) is 4.08. The van der Waals surface area contributed by atoms with E-state index in [9.17, 15) is 9.59 Å². The summed E-state index contributed by atoms with van der Waals surface area (Å²) >= 11 is 0. The standard InChI is InChI=1S/C28H28N2O6/c1-16(31)29-21-7-5-6-20-24(21)27(32)25-26(18-9-11-19(33-2)12-10-18)30(36-28(20)25)15-17-8-13-22(34-3)23(14-17)35-4/h5-14,25-26,28H,15H2,1-4H3,(H,29,31)/t25-,26-,28+/m0/s1. The fourth-order valence-corrected chi connectivity index (χ4v) is 5.16. The lowest BCUT2D eigenvalue weighted by Crippen LogP contribution is -2.27. The van der Waals surface area contributed by atoms with E-state index in [2.05, 4.69) is 5.32 Å². The van der Waals surface area contributed by atoms with Gasteiger partial charge >= 0.3 is 0 Å². The maximum absolute atomic E-state index is 13.9. The molecule has 3 aromatic rings. The summed E-state index contributed by atoms with van der Waals surface area (Å²) in [7, 11) is 4.81. The Balaban J connectivity index is 1.55. The van der Waals surface area contributed by atoms with Crippen LogP contribution in [-0.4, -0.2) is 38.1 Å². The number of hydrogen-bond donors (Lipinski definition) is 1. The minimum Gasteiger partial charge on any atom is -0.497 e. The Morgan fingerprint density at radius 1 is 0.972 bits per heavy atom. The Morgan fingerprint density at radius 2 is 1.72 bits per heavy atom. The van der Waals surface area contributed by atoms with Gasteiger partial charge in [0, 0.05) is 19.0 Å². The van der Waals surface area contributed by atoms with Crippen molar-refractivity contribution in [2.24, 2.45) is 5.92 Å². The number of carbonyl (C=O) groups is 2. The van der Waals surface area contributed by atoms with Gasteiger partial charge in [-0.15, -0.1) is 0 Å². The highest BCUT2D eigenvalue weighted by Gasteiger charge is 2.54. The zero-order valence-corrected chi connectivity index (χ0v) is 20.6. The molecular weight excluding hydrogens is 460 g/mol. The molecule has 8 heteroatoms. The van der Waals surface area contributed by atoms with Crippen molar-refractivity contribution >= 4 is 17.4 Å². The predicted octanol–water partition coefficient (Wildman–Crippen LogP) is 4.71. The van der Waals surface area contributed by atoms with E-state index in [1.54, 1.807) is 27.4 Å². The van der Waals surface area contributed by atoms with Crippen LogP contribution in [0.15, 0.2) is 60.7 Å². The molecule has 1 fully saturated rings. The number of carbonyl (C=O) groups excluding carboxylic acids is 2. The monoisotopic (exact) mass is 488 g/mol. The van der Waals surface area contributed by atoms with Crippen LogP contribution < -0.4 is 19.5 Å². The second-order valence-corrected chi connectivity index (χ2v) is 8.85. The van der Waals surface area contributed by atoms with Crippen LogP contribution in [0.4, 0.5) is 5.69 Å². The van der Waals surface area contributed by atoms with Crippen LogP contribution in [0, 0.1) is 5.92 Å². The lowest BCUT2D eigenvalue weighted by atomic mass is 9.89. The van der Waals surface area contributed by atoms with Crippen LogP contribution in [-0.2, 0) is 16.2 Å². The van der Waals surface area contributed by atoms with Crippen molar-refractivity contribution in [3.63, 3.8) is 0 Å². The third-order valence-electron chi connectivity index (χ3n) is 6.73. The molecule has 186 valence electrons. The number of hydroxylamine groups is 2. The summed E-state index contributed by atoms with van der Waals surface area (Å²) in [6.45, 7) is 1.86. The zero-order chi connectivity index (χ0) is 25.4. The molecule has 0 unspecified atom stereocenters. The summed E-state index contributed by atoms with van der Waals surface area (Å²) in [5.41, 5.74) is 3.70. The number of benzene rings is 3. The van der Waals surface area contributed by atoms with E-state index in [1.165, 1.54) is 6.92 Å². The molecule has 2 aliphatic rings.